The molecule has 0 N–H and O–H groups in total. The molecule has 2 heterocycles. The van der Waals surface area contributed by atoms with Crippen molar-refractivity contribution in [3.8, 4) is 0 Å². The maximum Gasteiger partial charge on any atom is 0.186 e. The lowest BCUT2D eigenvalue weighted by molar-refractivity contribution is -0.363. The molecule has 0 aromatic heterocycles. The van der Waals surface area contributed by atoms with Crippen molar-refractivity contribution in [1.82, 2.24) is 0 Å². The summed E-state index contributed by atoms with van der Waals surface area (Å²) >= 11 is 0. The monoisotopic (exact) mass is 310 g/mol. The molecule has 1 aromatic rings. The van der Waals surface area contributed by atoms with E-state index in [1.54, 1.807) is 21.3 Å². The van der Waals surface area contributed by atoms with Crippen molar-refractivity contribution in [2.45, 2.75) is 37.0 Å². The Balaban J connectivity index is 1.79. The van der Waals surface area contributed by atoms with Crippen LogP contribution in [0.1, 0.15) is 11.9 Å². The molecule has 0 amide bonds. The third-order valence-corrected chi connectivity index (χ3v) is 4.13. The topological polar surface area (TPSA) is 55.4 Å². The molecule has 0 unspecified atom stereocenters. The SMILES string of the molecule is CO[C@H]1O[C@@H]2CO[C@@H](c3ccccc3)O[C@H]2[C@H](OC)[C@H]1OC. The van der Waals surface area contributed by atoms with Gasteiger partial charge in [0.25, 0.3) is 0 Å². The van der Waals surface area contributed by atoms with Crippen LogP contribution in [0.5, 0.6) is 0 Å². The van der Waals surface area contributed by atoms with E-state index in [4.69, 9.17) is 28.4 Å². The van der Waals surface area contributed by atoms with Crippen LogP contribution in [0.4, 0.5) is 0 Å². The smallest absolute Gasteiger partial charge is 0.186 e. The molecule has 6 nitrogen and oxygen atoms in total. The quantitative estimate of drug-likeness (QED) is 0.840. The molecular weight excluding hydrogens is 288 g/mol. The van der Waals surface area contributed by atoms with E-state index in [0.29, 0.717) is 6.61 Å². The zero-order chi connectivity index (χ0) is 15.5. The summed E-state index contributed by atoms with van der Waals surface area (Å²) in [6, 6.07) is 9.82. The molecule has 2 aliphatic heterocycles. The van der Waals surface area contributed by atoms with Gasteiger partial charge in [0, 0.05) is 26.9 Å². The third kappa shape index (κ3) is 2.90. The first-order chi connectivity index (χ1) is 10.8. The second kappa shape index (κ2) is 7.04. The van der Waals surface area contributed by atoms with Gasteiger partial charge >= 0.3 is 0 Å². The Morgan fingerprint density at radius 2 is 1.64 bits per heavy atom. The van der Waals surface area contributed by atoms with E-state index in [9.17, 15) is 0 Å². The van der Waals surface area contributed by atoms with E-state index in [0.717, 1.165) is 5.56 Å². The van der Waals surface area contributed by atoms with Gasteiger partial charge in [0.15, 0.2) is 12.6 Å². The largest absolute Gasteiger partial charge is 0.376 e. The Morgan fingerprint density at radius 3 is 2.27 bits per heavy atom. The lowest BCUT2D eigenvalue weighted by Gasteiger charge is -2.48. The minimum absolute atomic E-state index is 0.249. The van der Waals surface area contributed by atoms with E-state index in [1.807, 2.05) is 30.3 Å². The summed E-state index contributed by atoms with van der Waals surface area (Å²) in [6.07, 6.45) is -2.10. The number of rotatable bonds is 4. The maximum atomic E-state index is 6.10. The molecule has 6 heteroatoms. The van der Waals surface area contributed by atoms with Gasteiger partial charge in [-0.05, 0) is 0 Å². The lowest BCUT2D eigenvalue weighted by atomic mass is 9.97. The van der Waals surface area contributed by atoms with Crippen molar-refractivity contribution in [2.75, 3.05) is 27.9 Å². The molecule has 0 aliphatic carbocycles. The van der Waals surface area contributed by atoms with Crippen molar-refractivity contribution < 1.29 is 28.4 Å². The van der Waals surface area contributed by atoms with Gasteiger partial charge in [-0.1, -0.05) is 30.3 Å². The fraction of sp³-hybridized carbons (Fsp3) is 0.625. The fourth-order valence-corrected chi connectivity index (χ4v) is 3.03. The summed E-state index contributed by atoms with van der Waals surface area (Å²) in [4.78, 5) is 0. The van der Waals surface area contributed by atoms with Crippen molar-refractivity contribution in [1.29, 1.82) is 0 Å². The van der Waals surface area contributed by atoms with E-state index in [2.05, 4.69) is 0 Å². The molecule has 3 rings (SSSR count). The van der Waals surface area contributed by atoms with Crippen LogP contribution in [-0.4, -0.2) is 58.6 Å². The molecule has 0 radical (unpaired) electrons. The molecule has 0 spiro atoms. The standard InChI is InChI=1S/C16H22O6/c1-17-13-12-11(21-16(19-3)14(13)18-2)9-20-15(22-12)10-7-5-4-6-8-10/h4-8,11-16H,9H2,1-3H3/t11-,12-,13+,14-,15-,16+/m1/s1. The van der Waals surface area contributed by atoms with Crippen molar-refractivity contribution in [2.24, 2.45) is 0 Å². The third-order valence-electron chi connectivity index (χ3n) is 4.13. The average molecular weight is 310 g/mol. The number of methoxy groups -OCH3 is 3. The van der Waals surface area contributed by atoms with Crippen LogP contribution in [0.25, 0.3) is 0 Å². The lowest BCUT2D eigenvalue weighted by Crippen LogP contribution is -2.63. The molecule has 0 bridgehead atoms. The van der Waals surface area contributed by atoms with E-state index in [1.165, 1.54) is 0 Å². The molecule has 2 aliphatic rings. The van der Waals surface area contributed by atoms with Crippen molar-refractivity contribution >= 4 is 0 Å². The zero-order valence-electron chi connectivity index (χ0n) is 13.0. The Labute approximate surface area is 130 Å². The van der Waals surface area contributed by atoms with Gasteiger partial charge < -0.3 is 28.4 Å². The predicted octanol–water partition coefficient (Wildman–Crippen LogP) is 1.50. The van der Waals surface area contributed by atoms with Crippen molar-refractivity contribution in [3.05, 3.63) is 35.9 Å². The van der Waals surface area contributed by atoms with Gasteiger partial charge in [-0.25, -0.2) is 0 Å². The fourth-order valence-electron chi connectivity index (χ4n) is 3.03. The summed E-state index contributed by atoms with van der Waals surface area (Å²) in [5.41, 5.74) is 0.971. The molecule has 2 saturated heterocycles. The molecule has 0 saturated carbocycles. The summed E-state index contributed by atoms with van der Waals surface area (Å²) in [5, 5.41) is 0. The summed E-state index contributed by atoms with van der Waals surface area (Å²) in [5.74, 6) is 0. The normalized spacial score (nSPS) is 38.5. The molecule has 122 valence electrons. The van der Waals surface area contributed by atoms with Crippen molar-refractivity contribution in [3.63, 3.8) is 0 Å². The minimum Gasteiger partial charge on any atom is -0.376 e. The highest BCUT2D eigenvalue weighted by atomic mass is 16.8. The van der Waals surface area contributed by atoms with Crippen LogP contribution < -0.4 is 0 Å². The minimum atomic E-state index is -0.503. The Hall–Kier alpha value is -1.02. The van der Waals surface area contributed by atoms with Crippen LogP contribution in [0, 0.1) is 0 Å². The van der Waals surface area contributed by atoms with E-state index < -0.39 is 12.6 Å². The Morgan fingerprint density at radius 1 is 0.909 bits per heavy atom. The first-order valence-electron chi connectivity index (χ1n) is 7.34. The first kappa shape index (κ1) is 15.9. The molecule has 22 heavy (non-hydrogen) atoms. The highest BCUT2D eigenvalue weighted by molar-refractivity contribution is 5.16. The van der Waals surface area contributed by atoms with Crippen LogP contribution in [-0.2, 0) is 28.4 Å². The number of benzene rings is 1. The zero-order valence-corrected chi connectivity index (χ0v) is 13.0. The molecule has 1 aromatic carbocycles. The highest BCUT2D eigenvalue weighted by Gasteiger charge is 2.50. The van der Waals surface area contributed by atoms with Crippen LogP contribution in [0.2, 0.25) is 0 Å². The number of fused-ring (bicyclic) bond motifs is 1. The highest BCUT2D eigenvalue weighted by Crippen LogP contribution is 2.35. The second-order valence-corrected chi connectivity index (χ2v) is 5.36. The van der Waals surface area contributed by atoms with Crippen LogP contribution in [0.15, 0.2) is 30.3 Å². The number of hydrogen-bond acceptors (Lipinski definition) is 6. The van der Waals surface area contributed by atoms with Gasteiger partial charge in [0.05, 0.1) is 6.61 Å². The van der Waals surface area contributed by atoms with Crippen LogP contribution >= 0.6 is 0 Å². The van der Waals surface area contributed by atoms with Gasteiger partial charge in [0.2, 0.25) is 0 Å². The maximum absolute atomic E-state index is 6.10. The summed E-state index contributed by atoms with van der Waals surface area (Å²) < 4.78 is 34.2. The summed E-state index contributed by atoms with van der Waals surface area (Å²) in [7, 11) is 4.84. The number of hydrogen-bond donors (Lipinski definition) is 0. The number of ether oxygens (including phenoxy) is 6. The van der Waals surface area contributed by atoms with Crippen LogP contribution in [0.3, 0.4) is 0 Å². The van der Waals surface area contributed by atoms with Gasteiger partial charge in [-0.15, -0.1) is 0 Å². The van der Waals surface area contributed by atoms with E-state index in [-0.39, 0.29) is 24.4 Å². The second-order valence-electron chi connectivity index (χ2n) is 5.36. The van der Waals surface area contributed by atoms with Gasteiger partial charge in [-0.3, -0.25) is 0 Å². The summed E-state index contributed by atoms with van der Waals surface area (Å²) in [6.45, 7) is 0.417. The molecule has 6 atom stereocenters. The first-order valence-corrected chi connectivity index (χ1v) is 7.34. The average Bonchev–Trinajstić information content (AvgIpc) is 2.60. The van der Waals surface area contributed by atoms with Gasteiger partial charge in [0.1, 0.15) is 24.4 Å². The van der Waals surface area contributed by atoms with Gasteiger partial charge in [-0.2, -0.15) is 0 Å². The Bertz CT molecular complexity index is 467. The predicted molar refractivity (Wildman–Crippen MR) is 77.3 cm³/mol. The Kier molecular flexibility index (Phi) is 5.07. The molecular formula is C16H22O6. The molecule has 2 fully saturated rings. The van der Waals surface area contributed by atoms with E-state index >= 15 is 0 Å².